The molecular formula is C11H17N5O2. The fourth-order valence-corrected chi connectivity index (χ4v) is 1.64. The molecule has 0 radical (unpaired) electrons. The molecule has 1 aromatic heterocycles. The predicted molar refractivity (Wildman–Crippen MR) is 68.7 cm³/mol. The van der Waals surface area contributed by atoms with Gasteiger partial charge in [-0.1, -0.05) is 13.8 Å². The quantitative estimate of drug-likeness (QED) is 0.593. The summed E-state index contributed by atoms with van der Waals surface area (Å²) in [5, 5.41) is 17.0. The summed E-state index contributed by atoms with van der Waals surface area (Å²) in [4.78, 5) is 18.5. The molecule has 1 heterocycles. The molecule has 2 unspecified atom stereocenters. The van der Waals surface area contributed by atoms with Gasteiger partial charge in [-0.3, -0.25) is 10.1 Å². The minimum atomic E-state index is -0.459. The number of anilines is 2. The Bertz CT molecular complexity index is 451. The number of hydrogen-bond acceptors (Lipinski definition) is 6. The van der Waals surface area contributed by atoms with Crippen LogP contribution in [0.15, 0.2) is 6.20 Å². The van der Waals surface area contributed by atoms with Crippen LogP contribution in [0.25, 0.3) is 0 Å². The van der Waals surface area contributed by atoms with E-state index in [-0.39, 0.29) is 11.7 Å². The van der Waals surface area contributed by atoms with Crippen LogP contribution < -0.4 is 10.6 Å². The Morgan fingerprint density at radius 1 is 1.61 bits per heavy atom. The molecular weight excluding hydrogens is 234 g/mol. The van der Waals surface area contributed by atoms with Gasteiger partial charge in [-0.2, -0.15) is 4.98 Å². The molecule has 1 aromatic rings. The van der Waals surface area contributed by atoms with Gasteiger partial charge >= 0.3 is 5.69 Å². The SMILES string of the molecule is CCCNc1ncc([N+](=O)[O-])c(NC2CC2C)n1. The highest BCUT2D eigenvalue weighted by Crippen LogP contribution is 2.34. The largest absolute Gasteiger partial charge is 0.361 e. The van der Waals surface area contributed by atoms with Gasteiger partial charge < -0.3 is 10.6 Å². The fourth-order valence-electron chi connectivity index (χ4n) is 1.64. The summed E-state index contributed by atoms with van der Waals surface area (Å²) in [5.74, 6) is 1.29. The lowest BCUT2D eigenvalue weighted by Crippen LogP contribution is -2.11. The maximum absolute atomic E-state index is 10.9. The standard InChI is InChI=1S/C11H17N5O2/c1-3-4-12-11-13-6-9(16(17)18)10(15-11)14-8-5-7(8)2/h6-8H,3-5H2,1-2H3,(H2,12,13,14,15). The summed E-state index contributed by atoms with van der Waals surface area (Å²) in [7, 11) is 0. The van der Waals surface area contributed by atoms with Gasteiger partial charge in [0.2, 0.25) is 11.8 Å². The lowest BCUT2D eigenvalue weighted by molar-refractivity contribution is -0.384. The molecule has 0 bridgehead atoms. The van der Waals surface area contributed by atoms with Gasteiger partial charge in [-0.15, -0.1) is 0 Å². The van der Waals surface area contributed by atoms with Gasteiger partial charge in [0.1, 0.15) is 6.20 Å². The maximum Gasteiger partial charge on any atom is 0.329 e. The highest BCUT2D eigenvalue weighted by atomic mass is 16.6. The Morgan fingerprint density at radius 2 is 2.33 bits per heavy atom. The van der Waals surface area contributed by atoms with Crippen LogP contribution in [0.3, 0.4) is 0 Å². The van der Waals surface area contributed by atoms with E-state index in [0.29, 0.717) is 17.7 Å². The number of hydrogen-bond donors (Lipinski definition) is 2. The molecule has 2 rings (SSSR count). The third-order valence-corrected chi connectivity index (χ3v) is 2.93. The van der Waals surface area contributed by atoms with Crippen LogP contribution >= 0.6 is 0 Å². The normalized spacial score (nSPS) is 21.4. The summed E-state index contributed by atoms with van der Waals surface area (Å²) < 4.78 is 0. The lowest BCUT2D eigenvalue weighted by atomic mass is 10.4. The van der Waals surface area contributed by atoms with E-state index < -0.39 is 4.92 Å². The second-order valence-corrected chi connectivity index (χ2v) is 4.58. The molecule has 18 heavy (non-hydrogen) atoms. The van der Waals surface area contributed by atoms with Crippen LogP contribution in [0, 0.1) is 16.0 Å². The van der Waals surface area contributed by atoms with Crippen molar-refractivity contribution in [2.75, 3.05) is 17.2 Å². The first-order chi connectivity index (χ1) is 8.61. The minimum Gasteiger partial charge on any atom is -0.361 e. The number of nitro groups is 1. The fraction of sp³-hybridized carbons (Fsp3) is 0.636. The first-order valence-corrected chi connectivity index (χ1v) is 6.13. The van der Waals surface area contributed by atoms with Crippen molar-refractivity contribution in [1.29, 1.82) is 0 Å². The Kier molecular flexibility index (Phi) is 3.59. The average molecular weight is 251 g/mol. The van der Waals surface area contributed by atoms with E-state index in [2.05, 4.69) is 27.5 Å². The molecule has 1 aliphatic carbocycles. The summed E-state index contributed by atoms with van der Waals surface area (Å²) in [5.41, 5.74) is -0.0730. The third-order valence-electron chi connectivity index (χ3n) is 2.93. The summed E-state index contributed by atoms with van der Waals surface area (Å²) in [6.45, 7) is 4.88. The van der Waals surface area contributed by atoms with Gasteiger partial charge in [0, 0.05) is 12.6 Å². The van der Waals surface area contributed by atoms with Crippen molar-refractivity contribution in [2.45, 2.75) is 32.7 Å². The number of aromatic nitrogens is 2. The Balaban J connectivity index is 2.17. The van der Waals surface area contributed by atoms with Crippen LogP contribution in [-0.4, -0.2) is 27.5 Å². The number of nitrogens with zero attached hydrogens (tertiary/aromatic N) is 3. The number of rotatable bonds is 6. The highest BCUT2D eigenvalue weighted by molar-refractivity contribution is 5.58. The molecule has 0 aliphatic heterocycles. The topological polar surface area (TPSA) is 93.0 Å². The van der Waals surface area contributed by atoms with Crippen molar-refractivity contribution < 1.29 is 4.92 Å². The zero-order valence-corrected chi connectivity index (χ0v) is 10.5. The first-order valence-electron chi connectivity index (χ1n) is 6.13. The van der Waals surface area contributed by atoms with Crippen molar-refractivity contribution in [2.24, 2.45) is 5.92 Å². The van der Waals surface area contributed by atoms with E-state index in [0.717, 1.165) is 19.4 Å². The smallest absolute Gasteiger partial charge is 0.329 e. The molecule has 0 amide bonds. The van der Waals surface area contributed by atoms with Crippen LogP contribution in [0.1, 0.15) is 26.7 Å². The summed E-state index contributed by atoms with van der Waals surface area (Å²) >= 11 is 0. The van der Waals surface area contributed by atoms with Gasteiger partial charge in [-0.05, 0) is 18.8 Å². The van der Waals surface area contributed by atoms with Crippen LogP contribution in [-0.2, 0) is 0 Å². The molecule has 7 heteroatoms. The third kappa shape index (κ3) is 2.85. The Morgan fingerprint density at radius 3 is 2.89 bits per heavy atom. The van der Waals surface area contributed by atoms with Crippen molar-refractivity contribution in [1.82, 2.24) is 9.97 Å². The van der Waals surface area contributed by atoms with E-state index in [4.69, 9.17) is 0 Å². The minimum absolute atomic E-state index is 0.0730. The molecule has 7 nitrogen and oxygen atoms in total. The van der Waals surface area contributed by atoms with Gasteiger partial charge in [-0.25, -0.2) is 4.98 Å². The van der Waals surface area contributed by atoms with E-state index >= 15 is 0 Å². The first kappa shape index (κ1) is 12.5. The van der Waals surface area contributed by atoms with Crippen molar-refractivity contribution >= 4 is 17.5 Å². The van der Waals surface area contributed by atoms with Crippen LogP contribution in [0.5, 0.6) is 0 Å². The van der Waals surface area contributed by atoms with Gasteiger partial charge in [0.15, 0.2) is 0 Å². The molecule has 1 aliphatic rings. The van der Waals surface area contributed by atoms with E-state index in [9.17, 15) is 10.1 Å². The molecule has 0 saturated heterocycles. The Hall–Kier alpha value is -1.92. The van der Waals surface area contributed by atoms with E-state index in [1.54, 1.807) is 0 Å². The van der Waals surface area contributed by atoms with Crippen molar-refractivity contribution in [3.63, 3.8) is 0 Å². The average Bonchev–Trinajstić information content (AvgIpc) is 3.02. The maximum atomic E-state index is 10.9. The van der Waals surface area contributed by atoms with Crippen molar-refractivity contribution in [3.05, 3.63) is 16.3 Å². The summed E-state index contributed by atoms with van der Waals surface area (Å²) in [6.07, 6.45) is 3.22. The predicted octanol–water partition coefficient (Wildman–Crippen LogP) is 2.03. The zero-order chi connectivity index (χ0) is 13.1. The van der Waals surface area contributed by atoms with Crippen molar-refractivity contribution in [3.8, 4) is 0 Å². The monoisotopic (exact) mass is 251 g/mol. The zero-order valence-electron chi connectivity index (χ0n) is 10.5. The second kappa shape index (κ2) is 5.16. The molecule has 2 N–H and O–H groups in total. The molecule has 1 fully saturated rings. The van der Waals surface area contributed by atoms with Gasteiger partial charge in [0.05, 0.1) is 4.92 Å². The molecule has 2 atom stereocenters. The Labute approximate surface area is 105 Å². The van der Waals surface area contributed by atoms with E-state index in [1.807, 2.05) is 6.92 Å². The second-order valence-electron chi connectivity index (χ2n) is 4.58. The highest BCUT2D eigenvalue weighted by Gasteiger charge is 2.34. The lowest BCUT2D eigenvalue weighted by Gasteiger charge is -2.07. The van der Waals surface area contributed by atoms with Gasteiger partial charge in [0.25, 0.3) is 0 Å². The summed E-state index contributed by atoms with van der Waals surface area (Å²) in [6, 6.07) is 0.289. The van der Waals surface area contributed by atoms with E-state index in [1.165, 1.54) is 6.20 Å². The molecule has 0 spiro atoms. The molecule has 98 valence electrons. The van der Waals surface area contributed by atoms with Crippen LogP contribution in [0.2, 0.25) is 0 Å². The molecule has 1 saturated carbocycles. The number of nitrogens with one attached hydrogen (secondary N) is 2. The van der Waals surface area contributed by atoms with Crippen LogP contribution in [0.4, 0.5) is 17.5 Å². The molecule has 0 aromatic carbocycles.